The fourth-order valence-corrected chi connectivity index (χ4v) is 3.84. The third-order valence-electron chi connectivity index (χ3n) is 3.86. The summed E-state index contributed by atoms with van der Waals surface area (Å²) in [6.07, 6.45) is 3.16. The number of aromatic hydroxyl groups is 1. The Labute approximate surface area is 134 Å². The maximum atomic E-state index is 10.4. The number of aryl methyl sites for hydroxylation is 2. The summed E-state index contributed by atoms with van der Waals surface area (Å²) in [5, 5.41) is 12.6. The lowest BCUT2D eigenvalue weighted by molar-refractivity contribution is 0.476. The molecule has 0 spiro atoms. The average Bonchev–Trinajstić information content (AvgIpc) is 2.66. The molecule has 2 aromatic carbocycles. The number of phenolic OH excluding ortho intramolecular Hbond substituents is 1. The number of rotatable bonds is 0. The summed E-state index contributed by atoms with van der Waals surface area (Å²) < 4.78 is 0. The first-order valence-corrected chi connectivity index (χ1v) is 8.43. The van der Waals surface area contributed by atoms with E-state index in [1.54, 1.807) is 6.07 Å². The van der Waals surface area contributed by atoms with E-state index in [2.05, 4.69) is 50.1 Å². The Bertz CT molecular complexity index is 778. The SMILES string of the molecule is Oc1cccc2c1-c1c(ccc(=CBr)c1=CBr)CCC2. The molecule has 20 heavy (non-hydrogen) atoms. The molecule has 1 aliphatic carbocycles. The molecule has 102 valence electrons. The van der Waals surface area contributed by atoms with Gasteiger partial charge in [-0.25, -0.2) is 0 Å². The Balaban J connectivity index is 2.51. The molecule has 0 bridgehead atoms. The quantitative estimate of drug-likeness (QED) is 0.721. The van der Waals surface area contributed by atoms with Gasteiger partial charge in [-0.15, -0.1) is 0 Å². The van der Waals surface area contributed by atoms with Crippen LogP contribution in [-0.4, -0.2) is 5.11 Å². The minimum Gasteiger partial charge on any atom is -0.507 e. The summed E-state index contributed by atoms with van der Waals surface area (Å²) >= 11 is 6.91. The highest BCUT2D eigenvalue weighted by Crippen LogP contribution is 2.36. The molecule has 1 nitrogen and oxygen atoms in total. The molecule has 0 aromatic heterocycles. The van der Waals surface area contributed by atoms with Crippen molar-refractivity contribution in [3.63, 3.8) is 0 Å². The van der Waals surface area contributed by atoms with E-state index in [1.165, 1.54) is 11.1 Å². The molecule has 1 aliphatic rings. The molecule has 3 rings (SSSR count). The van der Waals surface area contributed by atoms with Crippen molar-refractivity contribution in [1.82, 2.24) is 0 Å². The number of hydrogen-bond donors (Lipinski definition) is 1. The van der Waals surface area contributed by atoms with Crippen LogP contribution >= 0.6 is 31.9 Å². The second-order valence-corrected chi connectivity index (χ2v) is 5.90. The fraction of sp³-hybridized carbons (Fsp3) is 0.176. The van der Waals surface area contributed by atoms with E-state index < -0.39 is 0 Å². The van der Waals surface area contributed by atoms with Crippen LogP contribution in [0.5, 0.6) is 5.75 Å². The van der Waals surface area contributed by atoms with E-state index in [1.807, 2.05) is 16.0 Å². The van der Waals surface area contributed by atoms with E-state index in [-0.39, 0.29) is 0 Å². The molecule has 0 fully saturated rings. The minimum absolute atomic E-state index is 0.368. The third-order valence-corrected chi connectivity index (χ3v) is 4.81. The predicted molar refractivity (Wildman–Crippen MR) is 91.6 cm³/mol. The Morgan fingerprint density at radius 1 is 0.900 bits per heavy atom. The van der Waals surface area contributed by atoms with Gasteiger partial charge in [0.05, 0.1) is 0 Å². The van der Waals surface area contributed by atoms with E-state index in [0.717, 1.165) is 40.8 Å². The maximum Gasteiger partial charge on any atom is 0.123 e. The largest absolute Gasteiger partial charge is 0.507 e. The zero-order valence-corrected chi connectivity index (χ0v) is 14.0. The van der Waals surface area contributed by atoms with E-state index in [9.17, 15) is 5.11 Å². The molecule has 0 heterocycles. The van der Waals surface area contributed by atoms with Crippen molar-refractivity contribution in [3.05, 3.63) is 51.9 Å². The number of benzene rings is 2. The highest BCUT2D eigenvalue weighted by atomic mass is 79.9. The molecule has 0 amide bonds. The number of fused-ring (bicyclic) bond motifs is 3. The molecule has 0 radical (unpaired) electrons. The van der Waals surface area contributed by atoms with Crippen molar-refractivity contribution in [3.8, 4) is 16.9 Å². The summed E-state index contributed by atoms with van der Waals surface area (Å²) in [5.41, 5.74) is 4.67. The van der Waals surface area contributed by atoms with Crippen molar-refractivity contribution < 1.29 is 5.11 Å². The Hall–Kier alpha value is -1.06. The second-order valence-electron chi connectivity index (χ2n) is 4.99. The summed E-state index contributed by atoms with van der Waals surface area (Å²) in [6, 6.07) is 10.1. The van der Waals surface area contributed by atoms with Gasteiger partial charge in [0.2, 0.25) is 0 Å². The third kappa shape index (κ3) is 2.23. The van der Waals surface area contributed by atoms with Crippen molar-refractivity contribution in [2.24, 2.45) is 0 Å². The van der Waals surface area contributed by atoms with Gasteiger partial charge in [0.15, 0.2) is 0 Å². The van der Waals surface area contributed by atoms with Gasteiger partial charge in [-0.3, -0.25) is 0 Å². The first kappa shape index (κ1) is 13.9. The highest BCUT2D eigenvalue weighted by Gasteiger charge is 2.18. The lowest BCUT2D eigenvalue weighted by Gasteiger charge is -2.12. The van der Waals surface area contributed by atoms with Crippen LogP contribution in [0, 0.1) is 0 Å². The second kappa shape index (κ2) is 5.74. The molecule has 1 N–H and O–H groups in total. The van der Waals surface area contributed by atoms with Crippen molar-refractivity contribution >= 4 is 41.8 Å². The topological polar surface area (TPSA) is 20.2 Å². The van der Waals surface area contributed by atoms with Gasteiger partial charge in [0, 0.05) is 5.56 Å². The zero-order valence-electron chi connectivity index (χ0n) is 10.9. The minimum atomic E-state index is 0.368. The monoisotopic (exact) mass is 392 g/mol. The van der Waals surface area contributed by atoms with Crippen LogP contribution in [0.1, 0.15) is 17.5 Å². The summed E-state index contributed by atoms with van der Waals surface area (Å²) in [4.78, 5) is 3.87. The van der Waals surface area contributed by atoms with E-state index in [4.69, 9.17) is 0 Å². The summed E-state index contributed by atoms with van der Waals surface area (Å²) in [5.74, 6) is 0.368. The lowest BCUT2D eigenvalue weighted by Crippen LogP contribution is -2.26. The van der Waals surface area contributed by atoms with Crippen LogP contribution < -0.4 is 10.4 Å². The molecule has 2 aromatic rings. The molecule has 0 saturated carbocycles. The van der Waals surface area contributed by atoms with Gasteiger partial charge in [0.1, 0.15) is 5.75 Å². The van der Waals surface area contributed by atoms with Crippen LogP contribution in [0.2, 0.25) is 0 Å². The van der Waals surface area contributed by atoms with Gasteiger partial charge in [-0.05, 0) is 62.4 Å². The fourth-order valence-electron chi connectivity index (χ4n) is 2.95. The van der Waals surface area contributed by atoms with Crippen molar-refractivity contribution in [1.29, 1.82) is 0 Å². The van der Waals surface area contributed by atoms with Gasteiger partial charge in [-0.2, -0.15) is 0 Å². The lowest BCUT2D eigenvalue weighted by atomic mass is 9.93. The van der Waals surface area contributed by atoms with Gasteiger partial charge in [0.25, 0.3) is 0 Å². The number of phenols is 1. The van der Waals surface area contributed by atoms with Crippen LogP contribution in [0.3, 0.4) is 0 Å². The van der Waals surface area contributed by atoms with Gasteiger partial charge < -0.3 is 5.11 Å². The molecular formula is C17H14Br2O. The molecular weight excluding hydrogens is 380 g/mol. The first-order valence-electron chi connectivity index (χ1n) is 6.60. The van der Waals surface area contributed by atoms with E-state index >= 15 is 0 Å². The van der Waals surface area contributed by atoms with Crippen LogP contribution in [0.25, 0.3) is 21.1 Å². The molecule has 0 saturated heterocycles. The van der Waals surface area contributed by atoms with Crippen LogP contribution in [-0.2, 0) is 12.8 Å². The molecule has 0 atom stereocenters. The number of hydrogen-bond acceptors (Lipinski definition) is 1. The molecule has 0 aliphatic heterocycles. The Morgan fingerprint density at radius 2 is 1.65 bits per heavy atom. The average molecular weight is 394 g/mol. The van der Waals surface area contributed by atoms with Crippen LogP contribution in [0.4, 0.5) is 0 Å². The smallest absolute Gasteiger partial charge is 0.123 e. The summed E-state index contributed by atoms with van der Waals surface area (Å²) in [7, 11) is 0. The van der Waals surface area contributed by atoms with Crippen LogP contribution in [0.15, 0.2) is 30.3 Å². The Morgan fingerprint density at radius 3 is 2.35 bits per heavy atom. The molecule has 0 unspecified atom stereocenters. The van der Waals surface area contributed by atoms with Crippen molar-refractivity contribution in [2.45, 2.75) is 19.3 Å². The molecule has 3 heteroatoms. The highest BCUT2D eigenvalue weighted by molar-refractivity contribution is 9.14. The number of halogens is 2. The van der Waals surface area contributed by atoms with Gasteiger partial charge >= 0.3 is 0 Å². The predicted octanol–water partition coefficient (Wildman–Crippen LogP) is 3.81. The van der Waals surface area contributed by atoms with E-state index in [0.29, 0.717) is 5.75 Å². The first-order chi connectivity index (χ1) is 9.76. The summed E-state index contributed by atoms with van der Waals surface area (Å²) in [6.45, 7) is 0. The zero-order chi connectivity index (χ0) is 14.1. The van der Waals surface area contributed by atoms with Crippen molar-refractivity contribution in [2.75, 3.05) is 0 Å². The normalized spacial score (nSPS) is 15.7. The van der Waals surface area contributed by atoms with Gasteiger partial charge in [-0.1, -0.05) is 56.1 Å². The standard InChI is InChI=1S/C17H14Br2O/c18-9-13-8-7-12-4-1-3-11-5-2-6-15(20)17(11)16(12)14(13)10-19/h2,5-10,20H,1,3-4H2. The Kier molecular flexibility index (Phi) is 3.99. The maximum absolute atomic E-state index is 10.4.